The smallest absolute Gasteiger partial charge is 0.263 e. The zero-order chi connectivity index (χ0) is 17.4. The summed E-state index contributed by atoms with van der Waals surface area (Å²) in [6.07, 6.45) is 4.28. The van der Waals surface area contributed by atoms with Crippen LogP contribution in [0, 0.1) is 5.92 Å². The first kappa shape index (κ1) is 15.8. The van der Waals surface area contributed by atoms with Crippen molar-refractivity contribution in [3.05, 3.63) is 57.8 Å². The number of fused-ring (bicyclic) bond motifs is 1. The second-order valence-corrected chi connectivity index (χ2v) is 6.60. The van der Waals surface area contributed by atoms with E-state index in [1.807, 2.05) is 18.2 Å². The molecule has 1 atom stereocenters. The highest BCUT2D eigenvalue weighted by Crippen LogP contribution is 2.39. The summed E-state index contributed by atoms with van der Waals surface area (Å²) in [5, 5.41) is 12.6. The van der Waals surface area contributed by atoms with Crippen molar-refractivity contribution >= 4 is 5.91 Å². The van der Waals surface area contributed by atoms with Crippen molar-refractivity contribution in [3.63, 3.8) is 0 Å². The van der Waals surface area contributed by atoms with Crippen molar-refractivity contribution in [3.8, 4) is 5.75 Å². The lowest BCUT2D eigenvalue weighted by molar-refractivity contribution is 0.0235. The van der Waals surface area contributed by atoms with Crippen molar-refractivity contribution in [2.45, 2.75) is 31.4 Å². The van der Waals surface area contributed by atoms with E-state index >= 15 is 0 Å². The van der Waals surface area contributed by atoms with Crippen molar-refractivity contribution in [2.24, 2.45) is 5.92 Å². The fourth-order valence-corrected chi connectivity index (χ4v) is 3.50. The van der Waals surface area contributed by atoms with E-state index in [0.717, 1.165) is 23.3 Å². The van der Waals surface area contributed by atoms with Gasteiger partial charge in [-0.15, -0.1) is 0 Å². The van der Waals surface area contributed by atoms with Crippen LogP contribution in [0.25, 0.3) is 0 Å². The number of benzene rings is 1. The predicted octanol–water partition coefficient (Wildman–Crippen LogP) is 0.947. The quantitative estimate of drug-likeness (QED) is 0.768. The number of carbonyl (C=O) groups is 1. The Labute approximate surface area is 144 Å². The second kappa shape index (κ2) is 6.33. The lowest BCUT2D eigenvalue weighted by Gasteiger charge is -2.38. The Morgan fingerprint density at radius 2 is 2.24 bits per heavy atom. The van der Waals surface area contributed by atoms with Crippen LogP contribution >= 0.6 is 0 Å². The van der Waals surface area contributed by atoms with Gasteiger partial charge in [0.25, 0.3) is 11.5 Å². The first-order valence-electron chi connectivity index (χ1n) is 8.39. The molecule has 2 heterocycles. The maximum absolute atomic E-state index is 12.6. The third kappa shape index (κ3) is 3.02. The van der Waals surface area contributed by atoms with Crippen molar-refractivity contribution in [1.29, 1.82) is 0 Å². The number of ether oxygens (including phenoxy) is 1. The Kier molecular flexibility index (Phi) is 4.01. The van der Waals surface area contributed by atoms with Gasteiger partial charge in [0.1, 0.15) is 11.3 Å². The Morgan fingerprint density at radius 1 is 1.40 bits per heavy atom. The molecule has 1 aliphatic heterocycles. The van der Waals surface area contributed by atoms with Gasteiger partial charge in [-0.3, -0.25) is 9.59 Å². The van der Waals surface area contributed by atoms with Crippen LogP contribution in [0.3, 0.4) is 0 Å². The standard InChI is InChI=1S/C18H19N3O4/c22-13-6-12(7-13)16(11-1-2-15-10(5-11)3-4-25-15)21-18(24)14-8-19-9-20-17(14)23/h1-2,5,8-9,12-13,16,22H,3-4,6-7H2,(H,21,24)(H,19,20,23). The van der Waals surface area contributed by atoms with E-state index in [0.29, 0.717) is 19.4 Å². The van der Waals surface area contributed by atoms with Crippen molar-refractivity contribution < 1.29 is 14.6 Å². The van der Waals surface area contributed by atoms with Crippen LogP contribution < -0.4 is 15.6 Å². The van der Waals surface area contributed by atoms with Gasteiger partial charge < -0.3 is 20.1 Å². The number of nitrogens with one attached hydrogen (secondary N) is 2. The maximum Gasteiger partial charge on any atom is 0.263 e. The Hall–Kier alpha value is -2.67. The van der Waals surface area contributed by atoms with Gasteiger partial charge in [0.15, 0.2) is 0 Å². The van der Waals surface area contributed by atoms with Gasteiger partial charge in [-0.25, -0.2) is 4.98 Å². The SMILES string of the molecule is O=C(NC(c1ccc2c(c1)CCO2)C1CC(O)C1)c1cnc[nH]c1=O. The van der Waals surface area contributed by atoms with E-state index in [2.05, 4.69) is 15.3 Å². The molecule has 3 N–H and O–H groups in total. The lowest BCUT2D eigenvalue weighted by atomic mass is 9.74. The number of rotatable bonds is 4. The van der Waals surface area contributed by atoms with Gasteiger partial charge >= 0.3 is 0 Å². The van der Waals surface area contributed by atoms with E-state index in [1.165, 1.54) is 12.5 Å². The first-order valence-corrected chi connectivity index (χ1v) is 8.39. The summed E-state index contributed by atoms with van der Waals surface area (Å²) in [6, 6.07) is 5.64. The fourth-order valence-electron chi connectivity index (χ4n) is 3.50. The minimum Gasteiger partial charge on any atom is -0.493 e. The molecule has 130 valence electrons. The highest BCUT2D eigenvalue weighted by atomic mass is 16.5. The number of carbonyl (C=O) groups excluding carboxylic acids is 1. The van der Waals surface area contributed by atoms with Crippen molar-refractivity contribution in [2.75, 3.05) is 6.61 Å². The number of aromatic nitrogens is 2. The minimum atomic E-state index is -0.470. The Bertz CT molecular complexity index is 857. The summed E-state index contributed by atoms with van der Waals surface area (Å²) in [5.41, 5.74) is 1.60. The molecule has 25 heavy (non-hydrogen) atoms. The van der Waals surface area contributed by atoms with Gasteiger partial charge in [-0.1, -0.05) is 6.07 Å². The van der Waals surface area contributed by atoms with Crippen LogP contribution in [0.5, 0.6) is 5.75 Å². The van der Waals surface area contributed by atoms with E-state index < -0.39 is 11.5 Å². The van der Waals surface area contributed by atoms with Crippen LogP contribution in [0.2, 0.25) is 0 Å². The normalized spacial score (nSPS) is 22.4. The van der Waals surface area contributed by atoms with Crippen LogP contribution in [0.15, 0.2) is 35.5 Å². The Morgan fingerprint density at radius 3 is 3.00 bits per heavy atom. The molecule has 1 unspecified atom stereocenters. The number of nitrogens with zero attached hydrogens (tertiary/aromatic N) is 1. The summed E-state index contributed by atoms with van der Waals surface area (Å²) in [4.78, 5) is 30.6. The molecular weight excluding hydrogens is 322 g/mol. The number of hydrogen-bond donors (Lipinski definition) is 3. The lowest BCUT2D eigenvalue weighted by Crippen LogP contribution is -2.42. The largest absolute Gasteiger partial charge is 0.493 e. The topological polar surface area (TPSA) is 104 Å². The van der Waals surface area contributed by atoms with E-state index in [1.54, 1.807) is 0 Å². The number of H-pyrrole nitrogens is 1. The van der Waals surface area contributed by atoms with Gasteiger partial charge in [0.2, 0.25) is 0 Å². The highest BCUT2D eigenvalue weighted by Gasteiger charge is 2.36. The molecule has 1 amide bonds. The van der Waals surface area contributed by atoms with E-state index in [9.17, 15) is 14.7 Å². The number of amides is 1. The van der Waals surface area contributed by atoms with E-state index in [-0.39, 0.29) is 23.6 Å². The second-order valence-electron chi connectivity index (χ2n) is 6.60. The van der Waals surface area contributed by atoms with E-state index in [4.69, 9.17) is 4.74 Å². The van der Waals surface area contributed by atoms with Gasteiger partial charge in [-0.2, -0.15) is 0 Å². The first-order chi connectivity index (χ1) is 12.1. The molecule has 1 fully saturated rings. The zero-order valence-corrected chi connectivity index (χ0v) is 13.6. The molecule has 0 radical (unpaired) electrons. The van der Waals surface area contributed by atoms with Crippen molar-refractivity contribution in [1.82, 2.24) is 15.3 Å². The fraction of sp³-hybridized carbons (Fsp3) is 0.389. The van der Waals surface area contributed by atoms with Crippen LogP contribution in [-0.4, -0.2) is 33.7 Å². The van der Waals surface area contributed by atoms with Gasteiger partial charge in [0, 0.05) is 12.6 Å². The van der Waals surface area contributed by atoms with Gasteiger partial charge in [0.05, 0.1) is 25.1 Å². The average Bonchev–Trinajstić information content (AvgIpc) is 3.05. The highest BCUT2D eigenvalue weighted by molar-refractivity contribution is 5.93. The third-order valence-electron chi connectivity index (χ3n) is 4.94. The maximum atomic E-state index is 12.6. The molecule has 1 aromatic heterocycles. The molecule has 0 bridgehead atoms. The summed E-state index contributed by atoms with van der Waals surface area (Å²) in [7, 11) is 0. The summed E-state index contributed by atoms with van der Waals surface area (Å²) in [6.45, 7) is 0.670. The molecule has 7 heteroatoms. The number of hydrogen-bond acceptors (Lipinski definition) is 5. The monoisotopic (exact) mass is 341 g/mol. The molecule has 0 saturated heterocycles. The third-order valence-corrected chi connectivity index (χ3v) is 4.94. The molecule has 1 aliphatic carbocycles. The predicted molar refractivity (Wildman–Crippen MR) is 89.4 cm³/mol. The van der Waals surface area contributed by atoms with Crippen LogP contribution in [-0.2, 0) is 6.42 Å². The number of aliphatic hydroxyl groups excluding tert-OH is 1. The average molecular weight is 341 g/mol. The zero-order valence-electron chi connectivity index (χ0n) is 13.6. The Balaban J connectivity index is 1.62. The summed E-state index contributed by atoms with van der Waals surface area (Å²) < 4.78 is 5.54. The molecular formula is C18H19N3O4. The molecule has 2 aliphatic rings. The molecule has 0 spiro atoms. The molecule has 7 nitrogen and oxygen atoms in total. The van der Waals surface area contributed by atoms with Crippen LogP contribution in [0.4, 0.5) is 0 Å². The molecule has 2 aromatic rings. The minimum absolute atomic E-state index is 0.0168. The molecule has 4 rings (SSSR count). The molecule has 1 saturated carbocycles. The van der Waals surface area contributed by atoms with Gasteiger partial charge in [-0.05, 0) is 42.0 Å². The number of aromatic amines is 1. The molecule has 1 aromatic carbocycles. The number of aliphatic hydroxyl groups is 1. The summed E-state index contributed by atoms with van der Waals surface area (Å²) in [5.74, 6) is 0.554. The van der Waals surface area contributed by atoms with Crippen LogP contribution in [0.1, 0.15) is 40.4 Å². The summed E-state index contributed by atoms with van der Waals surface area (Å²) >= 11 is 0.